The summed E-state index contributed by atoms with van der Waals surface area (Å²) in [5.74, 6) is 0.492. The van der Waals surface area contributed by atoms with Crippen molar-refractivity contribution in [3.05, 3.63) is 53.9 Å². The van der Waals surface area contributed by atoms with Gasteiger partial charge in [-0.1, -0.05) is 26.0 Å². The zero-order valence-corrected chi connectivity index (χ0v) is 11.7. The average molecular weight is 255 g/mol. The summed E-state index contributed by atoms with van der Waals surface area (Å²) < 4.78 is 0. The highest BCUT2D eigenvalue weighted by molar-refractivity contribution is 5.67. The summed E-state index contributed by atoms with van der Waals surface area (Å²) in [5, 5.41) is 3.43. The van der Waals surface area contributed by atoms with Crippen molar-refractivity contribution in [3.8, 4) is 0 Å². The van der Waals surface area contributed by atoms with Crippen LogP contribution in [0.5, 0.6) is 0 Å². The van der Waals surface area contributed by atoms with Crippen LogP contribution in [-0.2, 0) is 0 Å². The van der Waals surface area contributed by atoms with Crippen molar-refractivity contribution in [2.45, 2.75) is 32.7 Å². The zero-order valence-electron chi connectivity index (χ0n) is 11.7. The summed E-state index contributed by atoms with van der Waals surface area (Å²) in [6.45, 7) is 6.44. The topological polar surface area (TPSA) is 50.9 Å². The molecular weight excluding hydrogens is 234 g/mol. The van der Waals surface area contributed by atoms with E-state index in [1.54, 1.807) is 6.20 Å². The van der Waals surface area contributed by atoms with E-state index in [0.717, 1.165) is 17.1 Å². The summed E-state index contributed by atoms with van der Waals surface area (Å²) in [4.78, 5) is 4.36. The molecule has 0 spiro atoms. The first kappa shape index (κ1) is 13.4. The first-order valence-electron chi connectivity index (χ1n) is 6.65. The fraction of sp³-hybridized carbons (Fsp3) is 0.312. The molecule has 0 aliphatic heterocycles. The Morgan fingerprint density at radius 2 is 1.89 bits per heavy atom. The van der Waals surface area contributed by atoms with Crippen LogP contribution in [0, 0.1) is 0 Å². The SMILES string of the molecule is CC(C)c1ccc(N)c(NC(C)c2ccccn2)c1. The second-order valence-corrected chi connectivity index (χ2v) is 5.12. The van der Waals surface area contributed by atoms with E-state index in [0.29, 0.717) is 5.92 Å². The van der Waals surface area contributed by atoms with Crippen LogP contribution in [0.3, 0.4) is 0 Å². The van der Waals surface area contributed by atoms with E-state index in [4.69, 9.17) is 5.73 Å². The molecule has 0 bridgehead atoms. The highest BCUT2D eigenvalue weighted by Crippen LogP contribution is 2.27. The van der Waals surface area contributed by atoms with Gasteiger partial charge in [0.25, 0.3) is 0 Å². The third-order valence-corrected chi connectivity index (χ3v) is 3.25. The van der Waals surface area contributed by atoms with Crippen molar-refractivity contribution >= 4 is 11.4 Å². The van der Waals surface area contributed by atoms with Crippen LogP contribution >= 0.6 is 0 Å². The van der Waals surface area contributed by atoms with Crippen molar-refractivity contribution in [2.24, 2.45) is 0 Å². The standard InChI is InChI=1S/C16H21N3/c1-11(2)13-7-8-14(17)16(10-13)19-12(3)15-6-4-5-9-18-15/h4-12,19H,17H2,1-3H3. The van der Waals surface area contributed by atoms with Gasteiger partial charge in [0.2, 0.25) is 0 Å². The first-order valence-corrected chi connectivity index (χ1v) is 6.65. The van der Waals surface area contributed by atoms with Crippen molar-refractivity contribution in [1.82, 2.24) is 4.98 Å². The Balaban J connectivity index is 2.21. The summed E-state index contributed by atoms with van der Waals surface area (Å²) in [7, 11) is 0. The third kappa shape index (κ3) is 3.25. The van der Waals surface area contributed by atoms with E-state index < -0.39 is 0 Å². The molecule has 0 saturated heterocycles. The van der Waals surface area contributed by atoms with Crippen molar-refractivity contribution in [3.63, 3.8) is 0 Å². The quantitative estimate of drug-likeness (QED) is 0.813. The smallest absolute Gasteiger partial charge is 0.0657 e. The number of pyridine rings is 1. The van der Waals surface area contributed by atoms with Gasteiger partial charge in [-0.25, -0.2) is 0 Å². The van der Waals surface area contributed by atoms with Crippen LogP contribution in [0.1, 0.15) is 44.0 Å². The molecule has 0 fully saturated rings. The molecule has 0 radical (unpaired) electrons. The minimum Gasteiger partial charge on any atom is -0.397 e. The number of anilines is 2. The Hall–Kier alpha value is -2.03. The number of benzene rings is 1. The second kappa shape index (κ2) is 5.74. The summed E-state index contributed by atoms with van der Waals surface area (Å²) in [6, 6.07) is 12.2. The van der Waals surface area contributed by atoms with Gasteiger partial charge in [-0.2, -0.15) is 0 Å². The Morgan fingerprint density at radius 1 is 1.11 bits per heavy atom. The van der Waals surface area contributed by atoms with Gasteiger partial charge in [-0.05, 0) is 42.7 Å². The molecule has 1 atom stereocenters. The number of nitrogens with two attached hydrogens (primary N) is 1. The molecule has 3 N–H and O–H groups in total. The predicted octanol–water partition coefficient (Wildman–Crippen LogP) is 3.96. The molecule has 1 heterocycles. The molecule has 0 aliphatic carbocycles. The number of hydrogen-bond acceptors (Lipinski definition) is 3. The molecule has 0 aliphatic rings. The molecule has 1 unspecified atom stereocenters. The summed E-state index contributed by atoms with van der Waals surface area (Å²) in [5.41, 5.74) is 10.1. The molecule has 19 heavy (non-hydrogen) atoms. The first-order chi connectivity index (χ1) is 9.08. The van der Waals surface area contributed by atoms with Crippen LogP contribution in [0.25, 0.3) is 0 Å². The molecule has 2 rings (SSSR count). The Morgan fingerprint density at radius 3 is 2.53 bits per heavy atom. The van der Waals surface area contributed by atoms with Gasteiger partial charge in [-0.3, -0.25) is 4.98 Å². The molecule has 0 saturated carbocycles. The lowest BCUT2D eigenvalue weighted by Gasteiger charge is -2.18. The number of nitrogens with one attached hydrogen (secondary N) is 1. The van der Waals surface area contributed by atoms with Crippen LogP contribution < -0.4 is 11.1 Å². The maximum absolute atomic E-state index is 6.03. The number of aromatic nitrogens is 1. The fourth-order valence-corrected chi connectivity index (χ4v) is 2.00. The van der Waals surface area contributed by atoms with Crippen LogP contribution in [0.4, 0.5) is 11.4 Å². The molecule has 100 valence electrons. The van der Waals surface area contributed by atoms with Crippen LogP contribution in [0.2, 0.25) is 0 Å². The summed E-state index contributed by atoms with van der Waals surface area (Å²) >= 11 is 0. The lowest BCUT2D eigenvalue weighted by atomic mass is 10.0. The van der Waals surface area contributed by atoms with Gasteiger partial charge in [-0.15, -0.1) is 0 Å². The fourth-order valence-electron chi connectivity index (χ4n) is 2.00. The predicted molar refractivity (Wildman–Crippen MR) is 81.2 cm³/mol. The van der Waals surface area contributed by atoms with E-state index in [2.05, 4.69) is 43.2 Å². The lowest BCUT2D eigenvalue weighted by molar-refractivity contribution is 0.834. The van der Waals surface area contributed by atoms with Gasteiger partial charge in [0, 0.05) is 6.20 Å². The van der Waals surface area contributed by atoms with E-state index in [-0.39, 0.29) is 6.04 Å². The van der Waals surface area contributed by atoms with Crippen molar-refractivity contribution in [1.29, 1.82) is 0 Å². The monoisotopic (exact) mass is 255 g/mol. The van der Waals surface area contributed by atoms with Gasteiger partial charge in [0.1, 0.15) is 0 Å². The van der Waals surface area contributed by atoms with E-state index >= 15 is 0 Å². The highest BCUT2D eigenvalue weighted by atomic mass is 15.0. The van der Waals surface area contributed by atoms with Crippen molar-refractivity contribution in [2.75, 3.05) is 11.1 Å². The number of rotatable bonds is 4. The molecule has 1 aromatic heterocycles. The molecule has 3 nitrogen and oxygen atoms in total. The van der Waals surface area contributed by atoms with E-state index in [1.165, 1.54) is 5.56 Å². The number of nitrogens with zero attached hydrogens (tertiary/aromatic N) is 1. The van der Waals surface area contributed by atoms with Crippen molar-refractivity contribution < 1.29 is 0 Å². The minimum atomic E-state index is 0.130. The van der Waals surface area contributed by atoms with Crippen LogP contribution in [-0.4, -0.2) is 4.98 Å². The van der Waals surface area contributed by atoms with Gasteiger partial charge >= 0.3 is 0 Å². The van der Waals surface area contributed by atoms with Crippen LogP contribution in [0.15, 0.2) is 42.6 Å². The maximum atomic E-state index is 6.03. The molecule has 0 amide bonds. The highest BCUT2D eigenvalue weighted by Gasteiger charge is 2.09. The normalized spacial score (nSPS) is 12.4. The molecule has 1 aromatic carbocycles. The zero-order chi connectivity index (χ0) is 13.8. The lowest BCUT2D eigenvalue weighted by Crippen LogP contribution is -2.10. The van der Waals surface area contributed by atoms with E-state index in [9.17, 15) is 0 Å². The molecule has 2 aromatic rings. The molecule has 3 heteroatoms. The van der Waals surface area contributed by atoms with Gasteiger partial charge in [0.05, 0.1) is 23.1 Å². The van der Waals surface area contributed by atoms with Gasteiger partial charge in [0.15, 0.2) is 0 Å². The Bertz CT molecular complexity index is 535. The van der Waals surface area contributed by atoms with Gasteiger partial charge < -0.3 is 11.1 Å². The maximum Gasteiger partial charge on any atom is 0.0657 e. The largest absolute Gasteiger partial charge is 0.397 e. The second-order valence-electron chi connectivity index (χ2n) is 5.12. The Labute approximate surface area is 114 Å². The van der Waals surface area contributed by atoms with E-state index in [1.807, 2.05) is 24.3 Å². The number of nitrogen functional groups attached to an aromatic ring is 1. The number of hydrogen-bond donors (Lipinski definition) is 2. The summed E-state index contributed by atoms with van der Waals surface area (Å²) in [6.07, 6.45) is 1.81. The average Bonchev–Trinajstić information content (AvgIpc) is 2.42. The third-order valence-electron chi connectivity index (χ3n) is 3.25. The Kier molecular flexibility index (Phi) is 4.05. The minimum absolute atomic E-state index is 0.130. The molecular formula is C16H21N3.